The highest BCUT2D eigenvalue weighted by Crippen LogP contribution is 2.39. The van der Waals surface area contributed by atoms with Crippen molar-refractivity contribution in [2.45, 2.75) is 19.4 Å². The molecule has 6 nitrogen and oxygen atoms in total. The van der Waals surface area contributed by atoms with Gasteiger partial charge in [0.15, 0.2) is 0 Å². The van der Waals surface area contributed by atoms with Gasteiger partial charge in [-0.25, -0.2) is 4.79 Å². The van der Waals surface area contributed by atoms with Gasteiger partial charge in [-0.3, -0.25) is 10.1 Å². The second-order valence-corrected chi connectivity index (χ2v) is 4.88. The third kappa shape index (κ3) is 2.69. The number of rotatable bonds is 3. The Morgan fingerprint density at radius 1 is 1.45 bits per heavy atom. The van der Waals surface area contributed by atoms with Crippen LogP contribution in [0.1, 0.15) is 25.0 Å². The van der Waals surface area contributed by atoms with Crippen LogP contribution in [0.3, 0.4) is 0 Å². The molecule has 2 rings (SSSR count). The topological polar surface area (TPSA) is 89.7 Å². The highest BCUT2D eigenvalue weighted by atomic mass is 16.6. The van der Waals surface area contributed by atoms with Gasteiger partial charge in [0.25, 0.3) is 5.69 Å². The van der Waals surface area contributed by atoms with Crippen LogP contribution in [-0.2, 0) is 4.79 Å². The predicted octanol–water partition coefficient (Wildman–Crippen LogP) is 2.88. The predicted molar refractivity (Wildman–Crippen MR) is 73.5 cm³/mol. The molecule has 0 aromatic heterocycles. The smallest absolute Gasteiger partial charge is 0.328 e. The number of carboxylic acids is 1. The van der Waals surface area contributed by atoms with Crippen LogP contribution >= 0.6 is 0 Å². The van der Waals surface area contributed by atoms with E-state index < -0.39 is 16.5 Å². The van der Waals surface area contributed by atoms with Crippen molar-refractivity contribution in [1.29, 1.82) is 0 Å². The van der Waals surface area contributed by atoms with Gasteiger partial charge in [0.2, 0.25) is 0 Å². The summed E-state index contributed by atoms with van der Waals surface area (Å²) in [5, 5.41) is 19.9. The summed E-state index contributed by atoms with van der Waals surface area (Å²) in [5.74, 6) is -0.749. The summed E-state index contributed by atoms with van der Waals surface area (Å²) in [7, 11) is 0. The highest BCUT2D eigenvalue weighted by molar-refractivity contribution is 5.87. The summed E-state index contributed by atoms with van der Waals surface area (Å²) in [6.07, 6.45) is 5.43. The molecule has 1 aliphatic rings. The number of carbonyl (C=O) groups is 1. The quantitative estimate of drug-likeness (QED) is 0.520. The molecule has 0 spiro atoms. The Kier molecular flexibility index (Phi) is 3.31. The number of fused-ring (bicyclic) bond motifs is 1. The van der Waals surface area contributed by atoms with Gasteiger partial charge in [0.1, 0.15) is 11.4 Å². The zero-order valence-electron chi connectivity index (χ0n) is 11.0. The molecule has 0 radical (unpaired) electrons. The van der Waals surface area contributed by atoms with Crippen LogP contribution in [-0.4, -0.2) is 21.6 Å². The van der Waals surface area contributed by atoms with Crippen molar-refractivity contribution in [2.24, 2.45) is 0 Å². The fraction of sp³-hybridized carbons (Fsp3) is 0.214. The third-order valence-corrected chi connectivity index (χ3v) is 2.82. The van der Waals surface area contributed by atoms with Crippen LogP contribution in [0.25, 0.3) is 12.2 Å². The maximum absolute atomic E-state index is 11.2. The first-order chi connectivity index (χ1) is 9.30. The van der Waals surface area contributed by atoms with E-state index in [0.717, 1.165) is 6.08 Å². The lowest BCUT2D eigenvalue weighted by molar-refractivity contribution is -0.385. The number of aliphatic carboxylic acids is 1. The zero-order valence-corrected chi connectivity index (χ0v) is 11.0. The van der Waals surface area contributed by atoms with E-state index in [0.29, 0.717) is 11.3 Å². The van der Waals surface area contributed by atoms with E-state index >= 15 is 0 Å². The molecule has 0 saturated carbocycles. The molecule has 0 fully saturated rings. The number of ether oxygens (including phenoxy) is 1. The molecule has 0 aliphatic carbocycles. The fourth-order valence-corrected chi connectivity index (χ4v) is 1.96. The van der Waals surface area contributed by atoms with E-state index in [4.69, 9.17) is 9.84 Å². The van der Waals surface area contributed by atoms with Crippen molar-refractivity contribution in [1.82, 2.24) is 0 Å². The van der Waals surface area contributed by atoms with Gasteiger partial charge in [-0.05, 0) is 44.2 Å². The molecule has 0 saturated heterocycles. The first-order valence-electron chi connectivity index (χ1n) is 5.91. The second-order valence-electron chi connectivity index (χ2n) is 4.88. The van der Waals surface area contributed by atoms with Crippen LogP contribution in [0.2, 0.25) is 0 Å². The van der Waals surface area contributed by atoms with E-state index in [1.54, 1.807) is 18.2 Å². The molecule has 6 heteroatoms. The molecule has 1 aliphatic heterocycles. The minimum Gasteiger partial charge on any atom is -0.483 e. The molecule has 1 aromatic rings. The van der Waals surface area contributed by atoms with E-state index in [1.165, 1.54) is 12.1 Å². The van der Waals surface area contributed by atoms with Crippen LogP contribution in [0.15, 0.2) is 24.3 Å². The lowest BCUT2D eigenvalue weighted by atomic mass is 9.98. The largest absolute Gasteiger partial charge is 0.483 e. The van der Waals surface area contributed by atoms with Gasteiger partial charge in [-0.2, -0.15) is 0 Å². The SMILES string of the molecule is CC1(C)C=Cc2c(ccc(/C=C/C(=O)O)c2[N+](=O)[O-])O1. The maximum Gasteiger partial charge on any atom is 0.328 e. The Bertz CT molecular complexity index is 643. The molecule has 0 bridgehead atoms. The molecule has 20 heavy (non-hydrogen) atoms. The third-order valence-electron chi connectivity index (χ3n) is 2.82. The minimum atomic E-state index is -1.16. The van der Waals surface area contributed by atoms with E-state index in [2.05, 4.69) is 0 Å². The number of carboxylic acid groups (broad SMARTS) is 1. The summed E-state index contributed by atoms with van der Waals surface area (Å²) in [6.45, 7) is 3.69. The first-order valence-corrected chi connectivity index (χ1v) is 5.91. The molecule has 104 valence electrons. The van der Waals surface area contributed by atoms with Gasteiger partial charge in [0, 0.05) is 6.08 Å². The maximum atomic E-state index is 11.2. The normalized spacial score (nSPS) is 15.7. The van der Waals surface area contributed by atoms with Crippen molar-refractivity contribution in [2.75, 3.05) is 0 Å². The van der Waals surface area contributed by atoms with Crippen LogP contribution < -0.4 is 4.74 Å². The molecule has 0 unspecified atom stereocenters. The highest BCUT2D eigenvalue weighted by Gasteiger charge is 2.28. The summed E-state index contributed by atoms with van der Waals surface area (Å²) in [6, 6.07) is 3.08. The standard InChI is InChI=1S/C14H13NO5/c1-14(2)8-7-10-11(20-14)5-3-9(4-6-12(16)17)13(10)15(18)19/h3-8H,1-2H3,(H,16,17)/b6-4+. The van der Waals surface area contributed by atoms with E-state index in [9.17, 15) is 14.9 Å². The number of nitro benzene ring substituents is 1. The fourth-order valence-electron chi connectivity index (χ4n) is 1.96. The Morgan fingerprint density at radius 2 is 2.15 bits per heavy atom. The van der Waals surface area contributed by atoms with Crippen molar-refractivity contribution >= 4 is 23.8 Å². The van der Waals surface area contributed by atoms with E-state index in [-0.39, 0.29) is 11.3 Å². The number of nitro groups is 1. The van der Waals surface area contributed by atoms with Gasteiger partial charge in [-0.15, -0.1) is 0 Å². The minimum absolute atomic E-state index is 0.160. The average molecular weight is 275 g/mol. The van der Waals surface area contributed by atoms with Gasteiger partial charge in [-0.1, -0.05) is 0 Å². The molecule has 1 aromatic carbocycles. The summed E-state index contributed by atoms with van der Waals surface area (Å²) in [5.41, 5.74) is -0.114. The molecule has 1 heterocycles. The second kappa shape index (κ2) is 4.80. The monoisotopic (exact) mass is 275 g/mol. The summed E-state index contributed by atoms with van der Waals surface area (Å²) >= 11 is 0. The summed E-state index contributed by atoms with van der Waals surface area (Å²) < 4.78 is 5.66. The van der Waals surface area contributed by atoms with E-state index in [1.807, 2.05) is 13.8 Å². The number of benzene rings is 1. The summed E-state index contributed by atoms with van der Waals surface area (Å²) in [4.78, 5) is 21.2. The van der Waals surface area contributed by atoms with Crippen LogP contribution in [0.4, 0.5) is 5.69 Å². The lowest BCUT2D eigenvalue weighted by Crippen LogP contribution is -2.27. The average Bonchev–Trinajstić information content (AvgIpc) is 2.34. The Balaban J connectivity index is 2.59. The van der Waals surface area contributed by atoms with Crippen molar-refractivity contribution in [3.05, 3.63) is 45.5 Å². The number of nitrogens with zero attached hydrogens (tertiary/aromatic N) is 1. The Hall–Kier alpha value is -2.63. The molecule has 1 N–H and O–H groups in total. The number of hydrogen-bond donors (Lipinski definition) is 1. The zero-order chi connectivity index (χ0) is 14.9. The molecule has 0 amide bonds. The Morgan fingerprint density at radius 3 is 2.75 bits per heavy atom. The van der Waals surface area contributed by atoms with Crippen LogP contribution in [0, 0.1) is 10.1 Å². The van der Waals surface area contributed by atoms with Crippen molar-refractivity contribution in [3.63, 3.8) is 0 Å². The van der Waals surface area contributed by atoms with Gasteiger partial charge < -0.3 is 9.84 Å². The Labute approximate surface area is 115 Å². The first kappa shape index (κ1) is 13.8. The van der Waals surface area contributed by atoms with Crippen molar-refractivity contribution in [3.8, 4) is 5.75 Å². The molecule has 0 atom stereocenters. The van der Waals surface area contributed by atoms with Gasteiger partial charge in [0.05, 0.1) is 16.1 Å². The molecular weight excluding hydrogens is 262 g/mol. The van der Waals surface area contributed by atoms with Crippen molar-refractivity contribution < 1.29 is 19.6 Å². The lowest BCUT2D eigenvalue weighted by Gasteiger charge is -2.27. The number of hydrogen-bond acceptors (Lipinski definition) is 4. The van der Waals surface area contributed by atoms with Crippen LogP contribution in [0.5, 0.6) is 5.75 Å². The van der Waals surface area contributed by atoms with Gasteiger partial charge >= 0.3 is 5.97 Å². The molecular formula is C14H13NO5.